The minimum atomic E-state index is -0.188. The zero-order chi connectivity index (χ0) is 16.4. The van der Waals surface area contributed by atoms with Crippen LogP contribution in [0, 0.1) is 6.92 Å². The number of rotatable bonds is 3. The summed E-state index contributed by atoms with van der Waals surface area (Å²) in [5.74, 6) is -0.188. The van der Waals surface area contributed by atoms with Crippen molar-refractivity contribution in [3.8, 4) is 11.1 Å². The fraction of sp³-hybridized carbons (Fsp3) is 0.111. The van der Waals surface area contributed by atoms with Crippen molar-refractivity contribution in [1.29, 1.82) is 0 Å². The van der Waals surface area contributed by atoms with Crippen molar-refractivity contribution in [2.75, 3.05) is 5.32 Å². The lowest BCUT2D eigenvalue weighted by Gasteiger charge is -2.07. The van der Waals surface area contributed by atoms with E-state index >= 15 is 0 Å². The van der Waals surface area contributed by atoms with E-state index in [0.717, 1.165) is 27.0 Å². The molecule has 0 saturated carbocycles. The highest BCUT2D eigenvalue weighted by molar-refractivity contribution is 9.10. The molecule has 0 bridgehead atoms. The van der Waals surface area contributed by atoms with E-state index in [0.29, 0.717) is 5.69 Å². The van der Waals surface area contributed by atoms with Crippen LogP contribution >= 0.6 is 15.9 Å². The number of aromatic nitrogens is 2. The second kappa shape index (κ2) is 6.38. The summed E-state index contributed by atoms with van der Waals surface area (Å²) in [6, 6.07) is 17.9. The molecule has 2 aromatic carbocycles. The molecule has 1 N–H and O–H groups in total. The Labute approximate surface area is 143 Å². The monoisotopic (exact) mass is 369 g/mol. The number of nitrogens with one attached hydrogen (secondary N) is 1. The number of anilines is 1. The smallest absolute Gasteiger partial charge is 0.275 e. The normalized spacial score (nSPS) is 10.6. The van der Waals surface area contributed by atoms with Crippen LogP contribution in [0.25, 0.3) is 11.1 Å². The molecule has 0 radical (unpaired) electrons. The largest absolute Gasteiger partial charge is 0.321 e. The van der Waals surface area contributed by atoms with E-state index in [-0.39, 0.29) is 5.91 Å². The molecule has 1 aromatic heterocycles. The van der Waals surface area contributed by atoms with Gasteiger partial charge in [0.15, 0.2) is 0 Å². The third-order valence-electron chi connectivity index (χ3n) is 3.61. The molecule has 0 atom stereocenters. The number of amides is 1. The molecule has 0 fully saturated rings. The second-order valence-electron chi connectivity index (χ2n) is 5.27. The van der Waals surface area contributed by atoms with Crippen LogP contribution in [0.5, 0.6) is 0 Å². The fourth-order valence-electron chi connectivity index (χ4n) is 2.45. The van der Waals surface area contributed by atoms with Crippen molar-refractivity contribution in [1.82, 2.24) is 9.78 Å². The van der Waals surface area contributed by atoms with Crippen molar-refractivity contribution in [3.05, 3.63) is 70.5 Å². The molecule has 0 aliphatic heterocycles. The van der Waals surface area contributed by atoms with E-state index in [4.69, 9.17) is 0 Å². The summed E-state index contributed by atoms with van der Waals surface area (Å²) in [6.45, 7) is 1.86. The van der Waals surface area contributed by atoms with Gasteiger partial charge in [0.1, 0.15) is 5.69 Å². The lowest BCUT2D eigenvalue weighted by Crippen LogP contribution is -2.16. The van der Waals surface area contributed by atoms with Gasteiger partial charge in [-0.1, -0.05) is 42.5 Å². The Morgan fingerprint density at radius 2 is 1.65 bits per heavy atom. The zero-order valence-corrected chi connectivity index (χ0v) is 14.5. The highest BCUT2D eigenvalue weighted by Gasteiger charge is 2.18. The van der Waals surface area contributed by atoms with Gasteiger partial charge in [-0.3, -0.25) is 9.48 Å². The summed E-state index contributed by atoms with van der Waals surface area (Å²) in [5, 5.41) is 7.14. The van der Waals surface area contributed by atoms with Crippen molar-refractivity contribution in [2.45, 2.75) is 6.92 Å². The molecule has 23 heavy (non-hydrogen) atoms. The van der Waals surface area contributed by atoms with E-state index in [1.165, 1.54) is 0 Å². The number of carbonyl (C=O) groups is 1. The van der Waals surface area contributed by atoms with E-state index in [2.05, 4.69) is 38.5 Å². The molecule has 3 aromatic rings. The molecule has 3 rings (SSSR count). The summed E-state index contributed by atoms with van der Waals surface area (Å²) in [6.07, 6.45) is 0. The van der Waals surface area contributed by atoms with E-state index < -0.39 is 0 Å². The SMILES string of the molecule is Cc1nn(C)c(C(=O)Nc2ccc(-c3ccccc3)cc2)c1Br. The van der Waals surface area contributed by atoms with Crippen LogP contribution in [0.4, 0.5) is 5.69 Å². The number of halogens is 1. The number of hydrogen-bond donors (Lipinski definition) is 1. The van der Waals surface area contributed by atoms with Gasteiger partial charge in [-0.05, 0) is 46.1 Å². The molecule has 4 nitrogen and oxygen atoms in total. The van der Waals surface area contributed by atoms with Crippen LogP contribution in [0.2, 0.25) is 0 Å². The Morgan fingerprint density at radius 3 is 2.22 bits per heavy atom. The molecular formula is C18H16BrN3O. The van der Waals surface area contributed by atoms with Crippen molar-refractivity contribution >= 4 is 27.5 Å². The van der Waals surface area contributed by atoms with Gasteiger partial charge in [0.25, 0.3) is 5.91 Å². The van der Waals surface area contributed by atoms with Crippen molar-refractivity contribution in [2.24, 2.45) is 7.05 Å². The molecule has 0 aliphatic rings. The van der Waals surface area contributed by atoms with Gasteiger partial charge in [0, 0.05) is 12.7 Å². The number of benzene rings is 2. The average molecular weight is 370 g/mol. The number of hydrogen-bond acceptors (Lipinski definition) is 2. The molecule has 0 unspecified atom stereocenters. The lowest BCUT2D eigenvalue weighted by molar-refractivity contribution is 0.101. The number of carbonyl (C=O) groups excluding carboxylic acids is 1. The highest BCUT2D eigenvalue weighted by Crippen LogP contribution is 2.23. The average Bonchev–Trinajstić information content (AvgIpc) is 2.81. The summed E-state index contributed by atoms with van der Waals surface area (Å²) in [5.41, 5.74) is 4.31. The van der Waals surface area contributed by atoms with Gasteiger partial charge >= 0.3 is 0 Å². The molecular weight excluding hydrogens is 354 g/mol. The van der Waals surface area contributed by atoms with E-state index in [1.807, 2.05) is 49.4 Å². The van der Waals surface area contributed by atoms with Gasteiger partial charge in [-0.15, -0.1) is 0 Å². The van der Waals surface area contributed by atoms with E-state index in [9.17, 15) is 4.79 Å². The molecule has 1 heterocycles. The molecule has 5 heteroatoms. The number of nitrogens with zero attached hydrogens (tertiary/aromatic N) is 2. The second-order valence-corrected chi connectivity index (χ2v) is 6.06. The molecule has 0 spiro atoms. The minimum Gasteiger partial charge on any atom is -0.321 e. The molecule has 1 amide bonds. The Balaban J connectivity index is 1.80. The van der Waals surface area contributed by atoms with Crippen LogP contribution in [-0.4, -0.2) is 15.7 Å². The lowest BCUT2D eigenvalue weighted by atomic mass is 10.1. The molecule has 0 saturated heterocycles. The number of aryl methyl sites for hydroxylation is 2. The zero-order valence-electron chi connectivity index (χ0n) is 12.9. The van der Waals surface area contributed by atoms with Crippen LogP contribution in [-0.2, 0) is 7.05 Å². The van der Waals surface area contributed by atoms with Gasteiger partial charge in [-0.2, -0.15) is 5.10 Å². The minimum absolute atomic E-state index is 0.188. The summed E-state index contributed by atoms with van der Waals surface area (Å²) < 4.78 is 2.30. The van der Waals surface area contributed by atoms with Gasteiger partial charge in [0.05, 0.1) is 10.2 Å². The maximum atomic E-state index is 12.4. The maximum Gasteiger partial charge on any atom is 0.275 e. The standard InChI is InChI=1S/C18H16BrN3O/c1-12-16(19)17(22(2)21-12)18(23)20-15-10-8-14(9-11-15)13-6-4-3-5-7-13/h3-11H,1-2H3,(H,20,23). The predicted molar refractivity (Wildman–Crippen MR) is 95.5 cm³/mol. The van der Waals surface area contributed by atoms with Crippen molar-refractivity contribution < 1.29 is 4.79 Å². The first kappa shape index (κ1) is 15.5. The third-order valence-corrected chi connectivity index (χ3v) is 4.56. The Hall–Kier alpha value is -2.40. The molecule has 0 aliphatic carbocycles. The first-order chi connectivity index (χ1) is 11.1. The Kier molecular flexibility index (Phi) is 4.30. The predicted octanol–water partition coefficient (Wildman–Crippen LogP) is 4.41. The van der Waals surface area contributed by atoms with Gasteiger partial charge in [-0.25, -0.2) is 0 Å². The Bertz CT molecular complexity index is 839. The Morgan fingerprint density at radius 1 is 1.04 bits per heavy atom. The highest BCUT2D eigenvalue weighted by atomic mass is 79.9. The quantitative estimate of drug-likeness (QED) is 0.742. The van der Waals surface area contributed by atoms with E-state index in [1.54, 1.807) is 11.7 Å². The van der Waals surface area contributed by atoms with Crippen molar-refractivity contribution in [3.63, 3.8) is 0 Å². The first-order valence-electron chi connectivity index (χ1n) is 7.22. The van der Waals surface area contributed by atoms with Crippen LogP contribution in [0.1, 0.15) is 16.2 Å². The van der Waals surface area contributed by atoms with Crippen LogP contribution < -0.4 is 5.32 Å². The van der Waals surface area contributed by atoms with Crippen LogP contribution in [0.3, 0.4) is 0 Å². The van der Waals surface area contributed by atoms with Gasteiger partial charge < -0.3 is 5.32 Å². The summed E-state index contributed by atoms with van der Waals surface area (Å²) >= 11 is 3.41. The van der Waals surface area contributed by atoms with Gasteiger partial charge in [0.2, 0.25) is 0 Å². The molecule has 116 valence electrons. The fourth-order valence-corrected chi connectivity index (χ4v) is 2.96. The van der Waals surface area contributed by atoms with Crippen LogP contribution in [0.15, 0.2) is 59.1 Å². The maximum absolute atomic E-state index is 12.4. The topological polar surface area (TPSA) is 46.9 Å². The summed E-state index contributed by atoms with van der Waals surface area (Å²) in [4.78, 5) is 12.4. The summed E-state index contributed by atoms with van der Waals surface area (Å²) in [7, 11) is 1.76. The first-order valence-corrected chi connectivity index (χ1v) is 8.01. The third kappa shape index (κ3) is 3.19.